The first-order chi connectivity index (χ1) is 7.43. The Morgan fingerprint density at radius 2 is 2.25 bits per heavy atom. The molecule has 2 rings (SSSR count). The highest BCUT2D eigenvalue weighted by Crippen LogP contribution is 2.38. The number of carboxylic acids is 1. The third kappa shape index (κ3) is 1.70. The summed E-state index contributed by atoms with van der Waals surface area (Å²) in [7, 11) is 0. The maximum absolute atomic E-state index is 11.1. The number of aliphatic carboxylic acids is 1. The molecule has 2 N–H and O–H groups in total. The highest BCUT2D eigenvalue weighted by molar-refractivity contribution is 6.31. The molecule has 1 aromatic carbocycles. The number of fused-ring (bicyclic) bond motifs is 1. The Morgan fingerprint density at radius 3 is 2.88 bits per heavy atom. The summed E-state index contributed by atoms with van der Waals surface area (Å²) < 4.78 is 0. The average molecular weight is 240 g/mol. The van der Waals surface area contributed by atoms with Crippen LogP contribution in [0.15, 0.2) is 18.2 Å². The fourth-order valence-electron chi connectivity index (χ4n) is 2.27. The van der Waals surface area contributed by atoms with E-state index in [-0.39, 0.29) is 5.41 Å². The minimum atomic E-state index is -0.862. The van der Waals surface area contributed by atoms with Crippen molar-refractivity contribution in [1.82, 2.24) is 5.32 Å². The maximum Gasteiger partial charge on any atom is 0.325 e. The standard InChI is InChI=1S/C12H14ClNO2/c1-12(2)6-14-10(11(15)16)7-4-3-5-8(13)9(7)12/h3-5,10,14H,6H2,1-2H3,(H,15,16). The number of nitrogens with one attached hydrogen (secondary N) is 1. The van der Waals surface area contributed by atoms with E-state index < -0.39 is 12.0 Å². The molecule has 1 aliphatic heterocycles. The Bertz CT molecular complexity index is 443. The number of carboxylic acid groups (broad SMARTS) is 1. The fourth-order valence-corrected chi connectivity index (χ4v) is 2.71. The van der Waals surface area contributed by atoms with Crippen LogP contribution in [-0.4, -0.2) is 17.6 Å². The smallest absolute Gasteiger partial charge is 0.325 e. The molecule has 3 nitrogen and oxygen atoms in total. The first-order valence-electron chi connectivity index (χ1n) is 5.18. The van der Waals surface area contributed by atoms with Crippen LogP contribution in [0.5, 0.6) is 0 Å². The van der Waals surface area contributed by atoms with Gasteiger partial charge in [0, 0.05) is 17.0 Å². The number of hydrogen-bond acceptors (Lipinski definition) is 2. The van der Waals surface area contributed by atoms with Crippen molar-refractivity contribution in [2.45, 2.75) is 25.3 Å². The van der Waals surface area contributed by atoms with Crippen molar-refractivity contribution in [3.05, 3.63) is 34.3 Å². The Morgan fingerprint density at radius 1 is 1.56 bits per heavy atom. The second kappa shape index (κ2) is 3.75. The monoisotopic (exact) mass is 239 g/mol. The molecule has 1 heterocycles. The van der Waals surface area contributed by atoms with E-state index in [1.54, 1.807) is 6.07 Å². The zero-order valence-electron chi connectivity index (χ0n) is 9.25. The van der Waals surface area contributed by atoms with Crippen LogP contribution in [0.25, 0.3) is 0 Å². The molecule has 0 saturated heterocycles. The van der Waals surface area contributed by atoms with Crippen LogP contribution in [0.3, 0.4) is 0 Å². The molecular weight excluding hydrogens is 226 g/mol. The topological polar surface area (TPSA) is 49.3 Å². The second-order valence-electron chi connectivity index (χ2n) is 4.74. The van der Waals surface area contributed by atoms with Gasteiger partial charge in [-0.3, -0.25) is 10.1 Å². The number of carbonyl (C=O) groups is 1. The first-order valence-corrected chi connectivity index (χ1v) is 5.56. The second-order valence-corrected chi connectivity index (χ2v) is 5.15. The summed E-state index contributed by atoms with van der Waals surface area (Å²) in [5, 5.41) is 12.8. The Hall–Kier alpha value is -1.06. The lowest BCUT2D eigenvalue weighted by molar-refractivity contribution is -0.140. The molecule has 0 saturated carbocycles. The first kappa shape index (κ1) is 11.4. The maximum atomic E-state index is 11.1. The van der Waals surface area contributed by atoms with Crippen LogP contribution in [0.4, 0.5) is 0 Å². The van der Waals surface area contributed by atoms with Crippen LogP contribution < -0.4 is 5.32 Å². The third-order valence-electron chi connectivity index (χ3n) is 3.03. The summed E-state index contributed by atoms with van der Waals surface area (Å²) in [4.78, 5) is 11.1. The molecule has 1 aliphatic rings. The number of hydrogen-bond donors (Lipinski definition) is 2. The molecule has 0 fully saturated rings. The van der Waals surface area contributed by atoms with E-state index in [1.165, 1.54) is 0 Å². The molecule has 0 aliphatic carbocycles. The van der Waals surface area contributed by atoms with Crippen LogP contribution in [-0.2, 0) is 10.2 Å². The van der Waals surface area contributed by atoms with Gasteiger partial charge in [0.05, 0.1) is 0 Å². The largest absolute Gasteiger partial charge is 0.480 e. The molecule has 0 amide bonds. The molecule has 1 atom stereocenters. The van der Waals surface area contributed by atoms with Crippen molar-refractivity contribution in [2.24, 2.45) is 0 Å². The minimum absolute atomic E-state index is 0.139. The van der Waals surface area contributed by atoms with Gasteiger partial charge in [-0.1, -0.05) is 37.6 Å². The molecule has 86 valence electrons. The van der Waals surface area contributed by atoms with Gasteiger partial charge in [-0.05, 0) is 17.2 Å². The van der Waals surface area contributed by atoms with Crippen molar-refractivity contribution in [2.75, 3.05) is 6.54 Å². The van der Waals surface area contributed by atoms with Gasteiger partial charge in [-0.2, -0.15) is 0 Å². The van der Waals surface area contributed by atoms with Crippen LogP contribution in [0.2, 0.25) is 5.02 Å². The van der Waals surface area contributed by atoms with Crippen molar-refractivity contribution >= 4 is 17.6 Å². The van der Waals surface area contributed by atoms with E-state index in [0.29, 0.717) is 11.6 Å². The van der Waals surface area contributed by atoms with Crippen molar-refractivity contribution < 1.29 is 9.90 Å². The van der Waals surface area contributed by atoms with Gasteiger partial charge in [0.15, 0.2) is 0 Å². The third-order valence-corrected chi connectivity index (χ3v) is 3.34. The minimum Gasteiger partial charge on any atom is -0.480 e. The molecule has 0 radical (unpaired) electrons. The predicted octanol–water partition coefficient (Wildman–Crippen LogP) is 2.35. The van der Waals surface area contributed by atoms with Gasteiger partial charge >= 0.3 is 5.97 Å². The van der Waals surface area contributed by atoms with E-state index in [4.69, 9.17) is 16.7 Å². The van der Waals surface area contributed by atoms with Gasteiger partial charge in [0.1, 0.15) is 6.04 Å². The van der Waals surface area contributed by atoms with Gasteiger partial charge in [-0.15, -0.1) is 0 Å². The number of benzene rings is 1. The Labute approximate surface area is 99.4 Å². The molecule has 16 heavy (non-hydrogen) atoms. The van der Waals surface area contributed by atoms with Crippen LogP contribution in [0, 0.1) is 0 Å². The normalized spacial score (nSPS) is 22.6. The molecule has 4 heteroatoms. The summed E-state index contributed by atoms with van der Waals surface area (Å²) >= 11 is 6.18. The Balaban J connectivity index is 2.62. The highest BCUT2D eigenvalue weighted by Gasteiger charge is 2.36. The van der Waals surface area contributed by atoms with Crippen LogP contribution in [0.1, 0.15) is 31.0 Å². The summed E-state index contributed by atoms with van der Waals surface area (Å²) in [6.45, 7) is 4.73. The summed E-state index contributed by atoms with van der Waals surface area (Å²) in [6, 6.07) is 4.78. The quantitative estimate of drug-likeness (QED) is 0.791. The van der Waals surface area contributed by atoms with E-state index in [0.717, 1.165) is 11.1 Å². The lowest BCUT2D eigenvalue weighted by Crippen LogP contribution is -2.44. The lowest BCUT2D eigenvalue weighted by atomic mass is 9.76. The van der Waals surface area contributed by atoms with Gasteiger partial charge < -0.3 is 5.11 Å². The van der Waals surface area contributed by atoms with Gasteiger partial charge in [-0.25, -0.2) is 0 Å². The summed E-state index contributed by atoms with van der Waals surface area (Å²) in [5.74, 6) is -0.862. The van der Waals surface area contributed by atoms with E-state index in [2.05, 4.69) is 19.2 Å². The zero-order chi connectivity index (χ0) is 11.9. The Kier molecular flexibility index (Phi) is 2.68. The fraction of sp³-hybridized carbons (Fsp3) is 0.417. The van der Waals surface area contributed by atoms with E-state index in [9.17, 15) is 4.79 Å². The lowest BCUT2D eigenvalue weighted by Gasteiger charge is -2.37. The molecule has 1 unspecified atom stereocenters. The SMILES string of the molecule is CC1(C)CNC(C(=O)O)c2cccc(Cl)c21. The van der Waals surface area contributed by atoms with Crippen LogP contribution >= 0.6 is 11.6 Å². The number of rotatable bonds is 1. The molecule has 0 bridgehead atoms. The molecule has 1 aromatic rings. The van der Waals surface area contributed by atoms with E-state index >= 15 is 0 Å². The highest BCUT2D eigenvalue weighted by atomic mass is 35.5. The van der Waals surface area contributed by atoms with Gasteiger partial charge in [0.25, 0.3) is 0 Å². The average Bonchev–Trinajstić information content (AvgIpc) is 2.16. The van der Waals surface area contributed by atoms with Crippen molar-refractivity contribution in [1.29, 1.82) is 0 Å². The molecule has 0 spiro atoms. The molecule has 0 aromatic heterocycles. The van der Waals surface area contributed by atoms with Crippen molar-refractivity contribution in [3.8, 4) is 0 Å². The van der Waals surface area contributed by atoms with E-state index in [1.807, 2.05) is 12.1 Å². The van der Waals surface area contributed by atoms with Crippen molar-refractivity contribution in [3.63, 3.8) is 0 Å². The summed E-state index contributed by atoms with van der Waals surface area (Å²) in [5.41, 5.74) is 1.58. The molecular formula is C12H14ClNO2. The van der Waals surface area contributed by atoms with Gasteiger partial charge in [0.2, 0.25) is 0 Å². The predicted molar refractivity (Wildman–Crippen MR) is 62.9 cm³/mol. The summed E-state index contributed by atoms with van der Waals surface area (Å²) in [6.07, 6.45) is 0. The zero-order valence-corrected chi connectivity index (χ0v) is 10.0. The number of halogens is 1.